The number of carbonyl (C=O) groups excluding carboxylic acids is 1. The van der Waals surface area contributed by atoms with Crippen molar-refractivity contribution in [1.29, 1.82) is 0 Å². The largest absolute Gasteiger partial charge is 0.487 e. The smallest absolute Gasteiger partial charge is 0.266 e. The van der Waals surface area contributed by atoms with E-state index in [0.29, 0.717) is 38.0 Å². The fourth-order valence-corrected chi connectivity index (χ4v) is 4.78. The van der Waals surface area contributed by atoms with Crippen LogP contribution in [0.4, 0.5) is 10.1 Å². The summed E-state index contributed by atoms with van der Waals surface area (Å²) in [6.07, 6.45) is 1.80. The summed E-state index contributed by atoms with van der Waals surface area (Å²) in [4.78, 5) is 20.1. The van der Waals surface area contributed by atoms with Gasteiger partial charge >= 0.3 is 0 Å². The van der Waals surface area contributed by atoms with Crippen LogP contribution in [-0.2, 0) is 11.4 Å². The minimum atomic E-state index is -0.316. The maximum Gasteiger partial charge on any atom is 0.266 e. The summed E-state index contributed by atoms with van der Waals surface area (Å²) in [5.41, 5.74) is 2.20. The number of ether oxygens (including phenoxy) is 1. The van der Waals surface area contributed by atoms with Crippen molar-refractivity contribution in [3.05, 3.63) is 98.6 Å². The Labute approximate surface area is 218 Å². The molecule has 0 radical (unpaired) electrons. The van der Waals surface area contributed by atoms with Gasteiger partial charge in [0, 0.05) is 11.6 Å². The third kappa shape index (κ3) is 6.66. The number of nitrogens with zero attached hydrogens (tertiary/aromatic N) is 2. The summed E-state index contributed by atoms with van der Waals surface area (Å²) in [7, 11) is 0. The van der Waals surface area contributed by atoms with Crippen molar-refractivity contribution < 1.29 is 13.9 Å². The number of thioether (sulfide) groups is 1. The van der Waals surface area contributed by atoms with Gasteiger partial charge in [0.05, 0.1) is 15.6 Å². The van der Waals surface area contributed by atoms with E-state index in [0.717, 1.165) is 11.3 Å². The van der Waals surface area contributed by atoms with Crippen LogP contribution in [0.15, 0.2) is 76.6 Å². The molecule has 0 atom stereocenters. The highest BCUT2D eigenvalue weighted by molar-refractivity contribution is 8.18. The molecule has 3 aromatic rings. The molecule has 0 spiro atoms. The molecule has 1 amide bonds. The second-order valence-corrected chi connectivity index (χ2v) is 10.3. The van der Waals surface area contributed by atoms with Crippen molar-refractivity contribution in [3.8, 4) is 5.75 Å². The van der Waals surface area contributed by atoms with Crippen molar-refractivity contribution in [2.75, 3.05) is 6.54 Å². The van der Waals surface area contributed by atoms with Gasteiger partial charge in [0.25, 0.3) is 5.91 Å². The van der Waals surface area contributed by atoms with Crippen LogP contribution in [-0.4, -0.2) is 22.5 Å². The van der Waals surface area contributed by atoms with Crippen LogP contribution in [0, 0.1) is 11.7 Å². The zero-order valence-corrected chi connectivity index (χ0v) is 21.5. The number of halogens is 3. The second kappa shape index (κ2) is 11.3. The number of aliphatic imine (C=N–C) groups is 1. The van der Waals surface area contributed by atoms with E-state index >= 15 is 0 Å². The van der Waals surface area contributed by atoms with Gasteiger partial charge in [-0.3, -0.25) is 9.69 Å². The monoisotopic (exact) mass is 528 g/mol. The summed E-state index contributed by atoms with van der Waals surface area (Å²) in [6.45, 7) is 4.87. The van der Waals surface area contributed by atoms with Gasteiger partial charge in [-0.25, -0.2) is 9.38 Å². The molecule has 3 aromatic carbocycles. The molecule has 0 aromatic heterocycles. The lowest BCUT2D eigenvalue weighted by molar-refractivity contribution is -0.122. The predicted octanol–water partition coefficient (Wildman–Crippen LogP) is 7.97. The van der Waals surface area contributed by atoms with Crippen LogP contribution in [0.25, 0.3) is 6.08 Å². The molecule has 1 fully saturated rings. The Kier molecular flexibility index (Phi) is 8.16. The van der Waals surface area contributed by atoms with Crippen LogP contribution in [0.1, 0.15) is 25.0 Å². The van der Waals surface area contributed by atoms with E-state index in [4.69, 9.17) is 27.9 Å². The average Bonchev–Trinajstić information content (AvgIpc) is 3.08. The van der Waals surface area contributed by atoms with Crippen molar-refractivity contribution in [3.63, 3.8) is 0 Å². The van der Waals surface area contributed by atoms with E-state index in [2.05, 4.69) is 18.8 Å². The Morgan fingerprint density at radius 3 is 2.54 bits per heavy atom. The summed E-state index contributed by atoms with van der Waals surface area (Å²) >= 11 is 13.7. The summed E-state index contributed by atoms with van der Waals surface area (Å²) in [6, 6.07) is 18.7. The zero-order valence-electron chi connectivity index (χ0n) is 19.2. The second-order valence-electron chi connectivity index (χ2n) is 8.40. The van der Waals surface area contributed by atoms with E-state index in [1.54, 1.807) is 47.4 Å². The normalized spacial score (nSPS) is 16.1. The van der Waals surface area contributed by atoms with Gasteiger partial charge in [0.15, 0.2) is 5.17 Å². The first-order valence-corrected chi connectivity index (χ1v) is 12.6. The Bertz CT molecular complexity index is 1290. The van der Waals surface area contributed by atoms with Gasteiger partial charge in [-0.2, -0.15) is 0 Å². The first-order chi connectivity index (χ1) is 16.8. The fraction of sp³-hybridized carbons (Fsp3) is 0.185. The minimum absolute atomic E-state index is 0.0982. The molecule has 4 rings (SSSR count). The number of hydrogen-bond acceptors (Lipinski definition) is 4. The maximum absolute atomic E-state index is 13.4. The van der Waals surface area contributed by atoms with Gasteiger partial charge in [-0.05, 0) is 83.4 Å². The van der Waals surface area contributed by atoms with Gasteiger partial charge in [0.2, 0.25) is 0 Å². The number of hydrogen-bond donors (Lipinski definition) is 0. The standard InChI is InChI=1S/C27H23Cl2FN2O2S/c1-17(2)15-32-26(33)25(35-27(32)31-22-9-7-20(28)8-10-22)14-18-6-11-24(23(29)13-18)34-16-19-4-3-5-21(30)12-19/h3-14,17H,15-16H2,1-2H3/b25-14-,31-27?. The van der Waals surface area contributed by atoms with E-state index in [9.17, 15) is 9.18 Å². The molecular weight excluding hydrogens is 506 g/mol. The van der Waals surface area contributed by atoms with Crippen LogP contribution in [0.2, 0.25) is 10.0 Å². The summed E-state index contributed by atoms with van der Waals surface area (Å²) < 4.78 is 19.1. The lowest BCUT2D eigenvalue weighted by Crippen LogP contribution is -2.32. The Balaban J connectivity index is 1.54. The van der Waals surface area contributed by atoms with E-state index in [-0.39, 0.29) is 24.2 Å². The third-order valence-electron chi connectivity index (χ3n) is 5.02. The Morgan fingerprint density at radius 1 is 1.09 bits per heavy atom. The van der Waals surface area contributed by atoms with Gasteiger partial charge < -0.3 is 4.74 Å². The van der Waals surface area contributed by atoms with Gasteiger partial charge in [-0.15, -0.1) is 0 Å². The SMILES string of the molecule is CC(C)CN1C(=O)/C(=C/c2ccc(OCc3cccc(F)c3)c(Cl)c2)SC1=Nc1ccc(Cl)cc1. The average molecular weight is 529 g/mol. The number of benzene rings is 3. The molecule has 1 heterocycles. The quantitative estimate of drug-likeness (QED) is 0.292. The Hall–Kier alpha value is -2.80. The van der Waals surface area contributed by atoms with Gasteiger partial charge in [-0.1, -0.05) is 55.2 Å². The molecule has 0 unspecified atom stereocenters. The molecule has 4 nitrogen and oxygen atoms in total. The summed E-state index contributed by atoms with van der Waals surface area (Å²) in [5.74, 6) is 0.343. The van der Waals surface area contributed by atoms with E-state index in [1.165, 1.54) is 23.9 Å². The molecule has 0 aliphatic carbocycles. The van der Waals surface area contributed by atoms with Crippen LogP contribution >= 0.6 is 35.0 Å². The van der Waals surface area contributed by atoms with Crippen LogP contribution in [0.3, 0.4) is 0 Å². The number of amidine groups is 1. The number of amides is 1. The highest BCUT2D eigenvalue weighted by Gasteiger charge is 2.33. The van der Waals surface area contributed by atoms with Crippen molar-refractivity contribution in [1.82, 2.24) is 4.90 Å². The first kappa shape index (κ1) is 25.3. The highest BCUT2D eigenvalue weighted by atomic mass is 35.5. The zero-order chi connectivity index (χ0) is 24.9. The van der Waals surface area contributed by atoms with Gasteiger partial charge in [0.1, 0.15) is 18.2 Å². The molecule has 8 heteroatoms. The maximum atomic E-state index is 13.4. The Morgan fingerprint density at radius 2 is 1.86 bits per heavy atom. The molecule has 1 aliphatic rings. The van der Waals surface area contributed by atoms with Crippen LogP contribution in [0.5, 0.6) is 5.75 Å². The van der Waals surface area contributed by atoms with Crippen molar-refractivity contribution in [2.45, 2.75) is 20.5 Å². The lowest BCUT2D eigenvalue weighted by atomic mass is 10.2. The molecule has 180 valence electrons. The topological polar surface area (TPSA) is 41.9 Å². The lowest BCUT2D eigenvalue weighted by Gasteiger charge is -2.17. The highest BCUT2D eigenvalue weighted by Crippen LogP contribution is 2.36. The fourth-order valence-electron chi connectivity index (χ4n) is 3.41. The molecule has 1 aliphatic heterocycles. The van der Waals surface area contributed by atoms with Crippen molar-refractivity contribution in [2.24, 2.45) is 10.9 Å². The van der Waals surface area contributed by atoms with E-state index < -0.39 is 0 Å². The molecule has 1 saturated heterocycles. The summed E-state index contributed by atoms with van der Waals surface area (Å²) in [5, 5.41) is 1.66. The minimum Gasteiger partial charge on any atom is -0.487 e. The van der Waals surface area contributed by atoms with E-state index in [1.807, 2.05) is 18.2 Å². The van der Waals surface area contributed by atoms with Crippen LogP contribution < -0.4 is 4.74 Å². The number of carbonyl (C=O) groups is 1. The predicted molar refractivity (Wildman–Crippen MR) is 143 cm³/mol. The third-order valence-corrected chi connectivity index (χ3v) is 6.58. The molecule has 0 N–H and O–H groups in total. The first-order valence-electron chi connectivity index (χ1n) is 11.0. The number of rotatable bonds is 7. The molecule has 0 bridgehead atoms. The molecule has 35 heavy (non-hydrogen) atoms. The van der Waals surface area contributed by atoms with Crippen molar-refractivity contribution >= 4 is 57.8 Å². The molecule has 0 saturated carbocycles. The molecular formula is C27H23Cl2FN2O2S.